The van der Waals surface area contributed by atoms with Gasteiger partial charge in [0.15, 0.2) is 0 Å². The molecule has 0 atom stereocenters. The summed E-state index contributed by atoms with van der Waals surface area (Å²) in [7, 11) is 0. The number of hydrogen-bond acceptors (Lipinski definition) is 4. The molecule has 0 bridgehead atoms. The summed E-state index contributed by atoms with van der Waals surface area (Å²) in [6, 6.07) is 10.8. The van der Waals surface area contributed by atoms with Crippen LogP contribution >= 0.6 is 0 Å². The summed E-state index contributed by atoms with van der Waals surface area (Å²) in [5.74, 6) is -1.00. The van der Waals surface area contributed by atoms with Gasteiger partial charge in [0.1, 0.15) is 5.69 Å². The van der Waals surface area contributed by atoms with Gasteiger partial charge in [-0.3, -0.25) is 4.98 Å². The third-order valence-electron chi connectivity index (χ3n) is 2.62. The second kappa shape index (κ2) is 6.61. The van der Waals surface area contributed by atoms with E-state index in [1.165, 1.54) is 6.07 Å². The molecule has 2 aromatic heterocycles. The first-order valence-electron chi connectivity index (χ1n) is 6.05. The first-order chi connectivity index (χ1) is 9.25. The fraction of sp³-hybridized carbons (Fsp3) is 0.214. The molecular weight excluding hydrogens is 242 g/mol. The Hall–Kier alpha value is -2.27. The van der Waals surface area contributed by atoms with E-state index in [1.807, 2.05) is 18.2 Å². The second-order valence-corrected chi connectivity index (χ2v) is 4.07. The molecule has 0 radical (unpaired) electrons. The lowest BCUT2D eigenvalue weighted by Crippen LogP contribution is -2.18. The maximum absolute atomic E-state index is 10.8. The van der Waals surface area contributed by atoms with Gasteiger partial charge in [-0.05, 0) is 24.3 Å². The number of aromatic nitrogens is 2. The van der Waals surface area contributed by atoms with Crippen molar-refractivity contribution in [2.24, 2.45) is 0 Å². The average molecular weight is 257 g/mol. The average Bonchev–Trinajstić information content (AvgIpc) is 2.45. The van der Waals surface area contributed by atoms with Crippen molar-refractivity contribution >= 4 is 5.97 Å². The van der Waals surface area contributed by atoms with Gasteiger partial charge < -0.3 is 10.4 Å². The number of carboxylic acids is 1. The molecule has 19 heavy (non-hydrogen) atoms. The summed E-state index contributed by atoms with van der Waals surface area (Å²) in [4.78, 5) is 19.0. The summed E-state index contributed by atoms with van der Waals surface area (Å²) in [5, 5.41) is 12.1. The van der Waals surface area contributed by atoms with E-state index in [-0.39, 0.29) is 5.69 Å². The maximum atomic E-state index is 10.8. The van der Waals surface area contributed by atoms with Crippen LogP contribution in [0.3, 0.4) is 0 Å². The minimum atomic E-state index is -1.00. The minimum absolute atomic E-state index is 0.0732. The van der Waals surface area contributed by atoms with E-state index in [1.54, 1.807) is 18.3 Å². The van der Waals surface area contributed by atoms with Crippen molar-refractivity contribution in [1.82, 2.24) is 15.3 Å². The molecule has 2 rings (SSSR count). The number of nitrogens with one attached hydrogen (secondary N) is 1. The molecular formula is C14H15N3O2. The standard InChI is InChI=1S/C14H15N3O2/c18-14(19)13-6-3-5-12(17-13)10-15-9-7-11-4-1-2-8-16-11/h1-6,8,15H,7,9-10H2,(H,18,19). The van der Waals surface area contributed by atoms with Crippen LogP contribution in [0.1, 0.15) is 21.9 Å². The predicted octanol–water partition coefficient (Wildman–Crippen LogP) is 1.51. The van der Waals surface area contributed by atoms with Gasteiger partial charge in [0.05, 0.1) is 5.69 Å². The zero-order valence-corrected chi connectivity index (χ0v) is 10.4. The number of hydrogen-bond donors (Lipinski definition) is 2. The monoisotopic (exact) mass is 257 g/mol. The van der Waals surface area contributed by atoms with Crippen LogP contribution in [0.2, 0.25) is 0 Å². The van der Waals surface area contributed by atoms with Gasteiger partial charge >= 0.3 is 5.97 Å². The number of rotatable bonds is 6. The van der Waals surface area contributed by atoms with Crippen LogP contribution in [-0.2, 0) is 13.0 Å². The minimum Gasteiger partial charge on any atom is -0.477 e. The van der Waals surface area contributed by atoms with Gasteiger partial charge in [0.2, 0.25) is 0 Å². The molecule has 0 spiro atoms. The zero-order valence-electron chi connectivity index (χ0n) is 10.4. The molecule has 0 fully saturated rings. The Morgan fingerprint density at radius 3 is 2.74 bits per heavy atom. The normalized spacial score (nSPS) is 10.3. The van der Waals surface area contributed by atoms with E-state index < -0.39 is 5.97 Å². The topological polar surface area (TPSA) is 75.1 Å². The predicted molar refractivity (Wildman–Crippen MR) is 70.8 cm³/mol. The Labute approximate surface area is 111 Å². The summed E-state index contributed by atoms with van der Waals surface area (Å²) < 4.78 is 0. The van der Waals surface area contributed by atoms with Crippen LogP contribution in [0.4, 0.5) is 0 Å². The summed E-state index contributed by atoms with van der Waals surface area (Å²) >= 11 is 0. The van der Waals surface area contributed by atoms with E-state index in [0.29, 0.717) is 6.54 Å². The molecule has 0 amide bonds. The lowest BCUT2D eigenvalue weighted by atomic mass is 10.2. The number of aromatic carboxylic acids is 1. The second-order valence-electron chi connectivity index (χ2n) is 4.07. The number of carboxylic acid groups (broad SMARTS) is 1. The molecule has 98 valence electrons. The van der Waals surface area contributed by atoms with Crippen LogP contribution in [0.15, 0.2) is 42.6 Å². The highest BCUT2D eigenvalue weighted by Crippen LogP contribution is 1.99. The van der Waals surface area contributed by atoms with E-state index in [9.17, 15) is 4.79 Å². The summed E-state index contributed by atoms with van der Waals surface area (Å²) in [5.41, 5.74) is 1.83. The molecule has 0 saturated carbocycles. The van der Waals surface area contributed by atoms with E-state index in [0.717, 1.165) is 24.4 Å². The SMILES string of the molecule is O=C(O)c1cccc(CNCCc2ccccn2)n1. The summed E-state index contributed by atoms with van der Waals surface area (Å²) in [6.07, 6.45) is 2.60. The Morgan fingerprint density at radius 2 is 2.00 bits per heavy atom. The Kier molecular flexibility index (Phi) is 4.58. The lowest BCUT2D eigenvalue weighted by molar-refractivity contribution is 0.0690. The van der Waals surface area contributed by atoms with Crippen molar-refractivity contribution in [3.05, 3.63) is 59.7 Å². The van der Waals surface area contributed by atoms with Crippen molar-refractivity contribution in [1.29, 1.82) is 0 Å². The lowest BCUT2D eigenvalue weighted by Gasteiger charge is -2.04. The fourth-order valence-corrected chi connectivity index (χ4v) is 1.68. The number of nitrogens with zero attached hydrogens (tertiary/aromatic N) is 2. The molecule has 0 unspecified atom stereocenters. The first-order valence-corrected chi connectivity index (χ1v) is 6.05. The third kappa shape index (κ3) is 4.15. The first kappa shape index (κ1) is 13.2. The molecule has 2 heterocycles. The van der Waals surface area contributed by atoms with Crippen LogP contribution in [0, 0.1) is 0 Å². The van der Waals surface area contributed by atoms with Crippen LogP contribution in [0.5, 0.6) is 0 Å². The van der Waals surface area contributed by atoms with E-state index >= 15 is 0 Å². The fourth-order valence-electron chi connectivity index (χ4n) is 1.68. The molecule has 5 nitrogen and oxygen atoms in total. The van der Waals surface area contributed by atoms with Crippen LogP contribution < -0.4 is 5.32 Å². The number of pyridine rings is 2. The van der Waals surface area contributed by atoms with E-state index in [4.69, 9.17) is 5.11 Å². The smallest absolute Gasteiger partial charge is 0.354 e. The molecule has 2 aromatic rings. The Morgan fingerprint density at radius 1 is 1.16 bits per heavy atom. The molecule has 5 heteroatoms. The van der Waals surface area contributed by atoms with Crippen LogP contribution in [0.25, 0.3) is 0 Å². The van der Waals surface area contributed by atoms with Gasteiger partial charge in [-0.25, -0.2) is 9.78 Å². The largest absolute Gasteiger partial charge is 0.477 e. The Bertz CT molecular complexity index is 543. The van der Waals surface area contributed by atoms with Crippen molar-refractivity contribution in [2.75, 3.05) is 6.54 Å². The zero-order chi connectivity index (χ0) is 13.5. The van der Waals surface area contributed by atoms with Crippen LogP contribution in [-0.4, -0.2) is 27.6 Å². The Balaban J connectivity index is 1.80. The third-order valence-corrected chi connectivity index (χ3v) is 2.62. The molecule has 0 aliphatic heterocycles. The van der Waals surface area contributed by atoms with Crippen molar-refractivity contribution in [2.45, 2.75) is 13.0 Å². The van der Waals surface area contributed by atoms with Crippen molar-refractivity contribution in [3.8, 4) is 0 Å². The molecule has 0 aliphatic rings. The molecule has 0 aliphatic carbocycles. The van der Waals surface area contributed by atoms with Gasteiger partial charge in [0.25, 0.3) is 0 Å². The van der Waals surface area contributed by atoms with Gasteiger partial charge in [-0.1, -0.05) is 12.1 Å². The van der Waals surface area contributed by atoms with Crippen molar-refractivity contribution in [3.63, 3.8) is 0 Å². The van der Waals surface area contributed by atoms with Crippen molar-refractivity contribution < 1.29 is 9.90 Å². The van der Waals surface area contributed by atoms with Gasteiger partial charge in [-0.15, -0.1) is 0 Å². The summed E-state index contributed by atoms with van der Waals surface area (Å²) in [6.45, 7) is 1.32. The quantitative estimate of drug-likeness (QED) is 0.767. The number of carbonyl (C=O) groups is 1. The van der Waals surface area contributed by atoms with E-state index in [2.05, 4.69) is 15.3 Å². The molecule has 2 N–H and O–H groups in total. The maximum Gasteiger partial charge on any atom is 0.354 e. The highest BCUT2D eigenvalue weighted by Gasteiger charge is 2.04. The van der Waals surface area contributed by atoms with Gasteiger partial charge in [-0.2, -0.15) is 0 Å². The highest BCUT2D eigenvalue weighted by molar-refractivity contribution is 5.85. The molecule has 0 aromatic carbocycles. The van der Waals surface area contributed by atoms with Gasteiger partial charge in [0, 0.05) is 31.4 Å². The highest BCUT2D eigenvalue weighted by atomic mass is 16.4. The molecule has 0 saturated heterocycles.